The first-order chi connectivity index (χ1) is 11.0. The third-order valence-electron chi connectivity index (χ3n) is 4.10. The van der Waals surface area contributed by atoms with Crippen molar-refractivity contribution >= 4 is 11.6 Å². The standard InChI is InChI=1S/C20H21NO2/c1-4-20(2,3)23-18-16-12-8-9-13-17(16)21(19(18)22)14-15-10-6-5-7-11-15/h4-13,18H,1,14H2,2-3H3. The minimum Gasteiger partial charge on any atom is -0.354 e. The van der Waals surface area contributed by atoms with Crippen LogP contribution in [0.4, 0.5) is 5.69 Å². The van der Waals surface area contributed by atoms with Crippen molar-refractivity contribution in [3.63, 3.8) is 0 Å². The summed E-state index contributed by atoms with van der Waals surface area (Å²) in [6.45, 7) is 8.16. The number of rotatable bonds is 5. The quantitative estimate of drug-likeness (QED) is 0.773. The van der Waals surface area contributed by atoms with Crippen molar-refractivity contribution in [3.8, 4) is 0 Å². The maximum absolute atomic E-state index is 12.9. The third-order valence-corrected chi connectivity index (χ3v) is 4.10. The molecule has 0 aliphatic carbocycles. The van der Waals surface area contributed by atoms with Crippen molar-refractivity contribution in [2.24, 2.45) is 0 Å². The molecule has 0 aromatic heterocycles. The lowest BCUT2D eigenvalue weighted by molar-refractivity contribution is -0.136. The average molecular weight is 307 g/mol. The van der Waals surface area contributed by atoms with Crippen molar-refractivity contribution in [1.29, 1.82) is 0 Å². The normalized spacial score (nSPS) is 17.2. The molecule has 3 heteroatoms. The topological polar surface area (TPSA) is 29.5 Å². The fourth-order valence-electron chi connectivity index (χ4n) is 2.74. The lowest BCUT2D eigenvalue weighted by Gasteiger charge is -2.25. The van der Waals surface area contributed by atoms with Crippen molar-refractivity contribution < 1.29 is 9.53 Å². The van der Waals surface area contributed by atoms with E-state index in [1.54, 1.807) is 11.0 Å². The zero-order chi connectivity index (χ0) is 16.4. The molecule has 118 valence electrons. The fourth-order valence-corrected chi connectivity index (χ4v) is 2.74. The molecule has 1 aliphatic rings. The average Bonchev–Trinajstić information content (AvgIpc) is 2.82. The van der Waals surface area contributed by atoms with Gasteiger partial charge in [-0.1, -0.05) is 54.6 Å². The first kappa shape index (κ1) is 15.5. The highest BCUT2D eigenvalue weighted by atomic mass is 16.5. The zero-order valence-corrected chi connectivity index (χ0v) is 13.5. The van der Waals surface area contributed by atoms with Gasteiger partial charge in [0.25, 0.3) is 5.91 Å². The predicted octanol–water partition coefficient (Wildman–Crippen LogP) is 4.26. The number of ether oxygens (including phenoxy) is 1. The summed E-state index contributed by atoms with van der Waals surface area (Å²) in [7, 11) is 0. The van der Waals surface area contributed by atoms with Gasteiger partial charge in [-0.15, -0.1) is 6.58 Å². The molecule has 0 saturated heterocycles. The Balaban J connectivity index is 1.93. The van der Waals surface area contributed by atoms with Gasteiger partial charge in [0.05, 0.1) is 17.8 Å². The van der Waals surface area contributed by atoms with Crippen LogP contribution in [0.1, 0.15) is 31.1 Å². The van der Waals surface area contributed by atoms with Crippen molar-refractivity contribution in [3.05, 3.63) is 78.4 Å². The van der Waals surface area contributed by atoms with Crippen LogP contribution in [0, 0.1) is 0 Å². The van der Waals surface area contributed by atoms with E-state index in [9.17, 15) is 4.79 Å². The van der Waals surface area contributed by atoms with Gasteiger partial charge < -0.3 is 9.64 Å². The second-order valence-electron chi connectivity index (χ2n) is 6.27. The van der Waals surface area contributed by atoms with E-state index in [1.165, 1.54) is 0 Å². The van der Waals surface area contributed by atoms with Gasteiger partial charge in [-0.2, -0.15) is 0 Å². The van der Waals surface area contributed by atoms with E-state index in [0.717, 1.165) is 16.8 Å². The Morgan fingerprint density at radius 2 is 1.78 bits per heavy atom. The number of hydrogen-bond donors (Lipinski definition) is 0. The van der Waals surface area contributed by atoms with Gasteiger partial charge in [0, 0.05) is 5.56 Å². The van der Waals surface area contributed by atoms with E-state index in [4.69, 9.17) is 4.74 Å². The smallest absolute Gasteiger partial charge is 0.261 e. The summed E-state index contributed by atoms with van der Waals surface area (Å²) in [6, 6.07) is 17.8. The summed E-state index contributed by atoms with van der Waals surface area (Å²) in [6.07, 6.45) is 1.14. The molecule has 2 aromatic carbocycles. The molecular weight excluding hydrogens is 286 g/mol. The fraction of sp³-hybridized carbons (Fsp3) is 0.250. The molecule has 3 nitrogen and oxygen atoms in total. The molecule has 1 aliphatic heterocycles. The number of anilines is 1. The van der Waals surface area contributed by atoms with Crippen LogP contribution in [-0.4, -0.2) is 11.5 Å². The lowest BCUT2D eigenvalue weighted by Crippen LogP contribution is -2.33. The molecule has 1 heterocycles. The number of carbonyl (C=O) groups excluding carboxylic acids is 1. The van der Waals surface area contributed by atoms with Crippen molar-refractivity contribution in [1.82, 2.24) is 0 Å². The van der Waals surface area contributed by atoms with Gasteiger partial charge in [0.15, 0.2) is 6.10 Å². The van der Waals surface area contributed by atoms with Crippen LogP contribution in [0.2, 0.25) is 0 Å². The van der Waals surface area contributed by atoms with E-state index in [1.807, 2.05) is 68.4 Å². The van der Waals surface area contributed by atoms with Crippen LogP contribution in [0.5, 0.6) is 0 Å². The molecular formula is C20H21NO2. The Morgan fingerprint density at radius 3 is 2.48 bits per heavy atom. The Bertz CT molecular complexity index is 721. The van der Waals surface area contributed by atoms with Crippen LogP contribution in [0.3, 0.4) is 0 Å². The Kier molecular flexibility index (Phi) is 4.05. The van der Waals surface area contributed by atoms with Crippen LogP contribution < -0.4 is 4.90 Å². The van der Waals surface area contributed by atoms with Gasteiger partial charge in [0.1, 0.15) is 0 Å². The Labute approximate surface area is 137 Å². The highest BCUT2D eigenvalue weighted by molar-refractivity contribution is 6.03. The number of fused-ring (bicyclic) bond motifs is 1. The number of carbonyl (C=O) groups is 1. The molecule has 1 unspecified atom stereocenters. The minimum absolute atomic E-state index is 0.0232. The summed E-state index contributed by atoms with van der Waals surface area (Å²) in [5.41, 5.74) is 2.38. The number of amides is 1. The summed E-state index contributed by atoms with van der Waals surface area (Å²) < 4.78 is 6.05. The lowest BCUT2D eigenvalue weighted by atomic mass is 10.1. The van der Waals surface area contributed by atoms with E-state index >= 15 is 0 Å². The van der Waals surface area contributed by atoms with E-state index in [2.05, 4.69) is 6.58 Å². The molecule has 0 spiro atoms. The molecule has 1 amide bonds. The second kappa shape index (κ2) is 6.01. The molecule has 0 saturated carbocycles. The number of nitrogens with zero attached hydrogens (tertiary/aromatic N) is 1. The maximum Gasteiger partial charge on any atom is 0.261 e. The number of hydrogen-bond acceptors (Lipinski definition) is 2. The van der Waals surface area contributed by atoms with Crippen LogP contribution in [0.15, 0.2) is 67.3 Å². The Hall–Kier alpha value is -2.39. The number of para-hydroxylation sites is 1. The summed E-state index contributed by atoms with van der Waals surface area (Å²) in [5.74, 6) is -0.0232. The molecule has 1 atom stereocenters. The third kappa shape index (κ3) is 3.06. The van der Waals surface area contributed by atoms with E-state index < -0.39 is 11.7 Å². The van der Waals surface area contributed by atoms with Gasteiger partial charge >= 0.3 is 0 Å². The molecule has 0 fully saturated rings. The van der Waals surface area contributed by atoms with Crippen molar-refractivity contribution in [2.75, 3.05) is 4.90 Å². The molecule has 0 bridgehead atoms. The number of benzene rings is 2. The van der Waals surface area contributed by atoms with Gasteiger partial charge in [-0.3, -0.25) is 4.79 Å². The molecule has 23 heavy (non-hydrogen) atoms. The van der Waals surface area contributed by atoms with Gasteiger partial charge in [0.2, 0.25) is 0 Å². The molecule has 0 N–H and O–H groups in total. The molecule has 3 rings (SSSR count). The molecule has 2 aromatic rings. The van der Waals surface area contributed by atoms with Crippen molar-refractivity contribution in [2.45, 2.75) is 32.1 Å². The summed E-state index contributed by atoms with van der Waals surface area (Å²) in [5, 5.41) is 0. The summed E-state index contributed by atoms with van der Waals surface area (Å²) >= 11 is 0. The van der Waals surface area contributed by atoms with E-state index in [0.29, 0.717) is 6.54 Å². The van der Waals surface area contributed by atoms with Gasteiger partial charge in [-0.05, 0) is 25.5 Å². The van der Waals surface area contributed by atoms with Crippen LogP contribution in [-0.2, 0) is 16.1 Å². The van der Waals surface area contributed by atoms with Crippen LogP contribution >= 0.6 is 0 Å². The second-order valence-corrected chi connectivity index (χ2v) is 6.27. The highest BCUT2D eigenvalue weighted by Gasteiger charge is 2.40. The Morgan fingerprint density at radius 1 is 1.13 bits per heavy atom. The highest BCUT2D eigenvalue weighted by Crippen LogP contribution is 2.40. The first-order valence-electron chi connectivity index (χ1n) is 7.77. The maximum atomic E-state index is 12.9. The zero-order valence-electron chi connectivity index (χ0n) is 13.5. The van der Waals surface area contributed by atoms with Gasteiger partial charge in [-0.25, -0.2) is 0 Å². The van der Waals surface area contributed by atoms with Crippen LogP contribution in [0.25, 0.3) is 0 Å². The predicted molar refractivity (Wildman–Crippen MR) is 92.2 cm³/mol. The molecule has 0 radical (unpaired) electrons. The SMILES string of the molecule is C=CC(C)(C)OC1C(=O)N(Cc2ccccc2)c2ccccc21. The van der Waals surface area contributed by atoms with E-state index in [-0.39, 0.29) is 5.91 Å². The summed E-state index contributed by atoms with van der Waals surface area (Å²) in [4.78, 5) is 14.7. The minimum atomic E-state index is -0.581. The first-order valence-corrected chi connectivity index (χ1v) is 7.77. The largest absolute Gasteiger partial charge is 0.354 e. The monoisotopic (exact) mass is 307 g/mol.